The summed E-state index contributed by atoms with van der Waals surface area (Å²) in [6.07, 6.45) is 1.78. The van der Waals surface area contributed by atoms with Crippen molar-refractivity contribution < 1.29 is 4.74 Å². The molecule has 11 heavy (non-hydrogen) atoms. The molecule has 3 nitrogen and oxygen atoms in total. The zero-order chi connectivity index (χ0) is 8.27. The maximum atomic E-state index is 5.08. The molecule has 0 saturated carbocycles. The molecule has 0 fully saturated rings. The zero-order valence-electron chi connectivity index (χ0n) is 5.77. The van der Waals surface area contributed by atoms with E-state index < -0.39 is 0 Å². The predicted octanol–water partition coefficient (Wildman–Crippen LogP) is 2.46. The van der Waals surface area contributed by atoms with Crippen LogP contribution in [0, 0.1) is 3.57 Å². The van der Waals surface area contributed by atoms with Crippen molar-refractivity contribution >= 4 is 51.3 Å². The van der Waals surface area contributed by atoms with Gasteiger partial charge in [-0.1, -0.05) is 0 Å². The fourth-order valence-electron chi connectivity index (χ4n) is 0.647. The highest BCUT2D eigenvalue weighted by Gasteiger charge is 2.01. The van der Waals surface area contributed by atoms with Gasteiger partial charge in [-0.3, -0.25) is 0 Å². The predicted molar refractivity (Wildman–Crippen MR) is 61.1 cm³/mol. The summed E-state index contributed by atoms with van der Waals surface area (Å²) in [5.41, 5.74) is 0. The Bertz CT molecular complexity index is 254. The molecule has 0 aliphatic heterocycles. The summed E-state index contributed by atoms with van der Waals surface area (Å²) >= 11 is 4.21. The lowest BCUT2D eigenvalue weighted by Gasteiger charge is -2.04. The third kappa shape index (κ3) is 2.32. The number of halogens is 2. The van der Waals surface area contributed by atoms with Gasteiger partial charge in [0.2, 0.25) is 0 Å². The second-order valence-corrected chi connectivity index (χ2v) is 3.58. The van der Waals surface area contributed by atoms with Gasteiger partial charge in [0.1, 0.15) is 0 Å². The Morgan fingerprint density at radius 3 is 2.91 bits per heavy atom. The van der Waals surface area contributed by atoms with Crippen molar-refractivity contribution in [2.24, 2.45) is 0 Å². The van der Waals surface area contributed by atoms with Gasteiger partial charge in [0.05, 0.1) is 30.0 Å². The van der Waals surface area contributed by atoms with E-state index >= 15 is 0 Å². The van der Waals surface area contributed by atoms with Gasteiger partial charge in [-0.2, -0.15) is 0 Å². The minimum Gasteiger partial charge on any atom is -0.493 e. The molecule has 1 rings (SSSR count). The molecule has 60 valence electrons. The number of ether oxygens (including phenoxy) is 1. The Morgan fingerprint density at radius 1 is 1.64 bits per heavy atom. The van der Waals surface area contributed by atoms with Crippen molar-refractivity contribution in [3.63, 3.8) is 0 Å². The van der Waals surface area contributed by atoms with Crippen LogP contribution in [0.4, 0.5) is 5.82 Å². The summed E-state index contributed by atoms with van der Waals surface area (Å²) in [6, 6.07) is 1.93. The van der Waals surface area contributed by atoms with Gasteiger partial charge < -0.3 is 8.27 Å². The lowest BCUT2D eigenvalue weighted by Crippen LogP contribution is -1.92. The third-order valence-corrected chi connectivity index (χ3v) is 2.23. The molecule has 0 radical (unpaired) electrons. The molecule has 1 N–H and O–H groups in total. The lowest BCUT2D eigenvalue weighted by atomic mass is 10.4. The van der Waals surface area contributed by atoms with Gasteiger partial charge >= 0.3 is 0 Å². The number of hydrogen-bond acceptors (Lipinski definition) is 3. The maximum absolute atomic E-state index is 5.08. The molecule has 1 aromatic rings. The van der Waals surface area contributed by atoms with Crippen LogP contribution in [0.15, 0.2) is 12.3 Å². The Balaban J connectivity index is 3.06. The molecule has 1 heterocycles. The summed E-state index contributed by atoms with van der Waals surface area (Å²) in [6.45, 7) is 0. The van der Waals surface area contributed by atoms with Gasteiger partial charge in [0.25, 0.3) is 0 Å². The van der Waals surface area contributed by atoms with Gasteiger partial charge in [0, 0.05) is 9.77 Å². The molecular formula is C6H6I2N2O. The first-order valence-corrected chi connectivity index (χ1v) is 5.00. The number of nitrogens with one attached hydrogen (secondary N) is 1. The topological polar surface area (TPSA) is 34.1 Å². The molecule has 0 spiro atoms. The quantitative estimate of drug-likeness (QED) is 0.637. The van der Waals surface area contributed by atoms with Gasteiger partial charge in [-0.25, -0.2) is 4.98 Å². The van der Waals surface area contributed by atoms with Gasteiger partial charge in [-0.15, -0.1) is 0 Å². The van der Waals surface area contributed by atoms with Gasteiger partial charge in [-0.05, 0) is 28.7 Å². The highest BCUT2D eigenvalue weighted by Crippen LogP contribution is 2.23. The molecule has 5 heteroatoms. The van der Waals surface area contributed by atoms with Crippen LogP contribution in [0.5, 0.6) is 5.75 Å². The second kappa shape index (κ2) is 4.29. The van der Waals surface area contributed by atoms with E-state index in [2.05, 4.69) is 31.1 Å². The molecule has 0 saturated heterocycles. The fourth-order valence-corrected chi connectivity index (χ4v) is 1.47. The first-order valence-electron chi connectivity index (χ1n) is 2.84. The van der Waals surface area contributed by atoms with E-state index in [0.717, 1.165) is 15.1 Å². The van der Waals surface area contributed by atoms with Crippen LogP contribution in [0.3, 0.4) is 0 Å². The van der Waals surface area contributed by atoms with Crippen molar-refractivity contribution in [1.29, 1.82) is 0 Å². The van der Waals surface area contributed by atoms with E-state index in [1.165, 1.54) is 0 Å². The standard InChI is InChI=1S/C6H6I2N2O/c1-11-5-2-4(7)3-9-6(5)10-8/h2-3H,1H3,(H,9,10). The summed E-state index contributed by atoms with van der Waals surface area (Å²) < 4.78 is 9.05. The highest BCUT2D eigenvalue weighted by molar-refractivity contribution is 14.1. The molecular weight excluding hydrogens is 370 g/mol. The Morgan fingerprint density at radius 2 is 2.36 bits per heavy atom. The average molecular weight is 376 g/mol. The number of rotatable bonds is 2. The maximum Gasteiger partial charge on any atom is 0.177 e. The van der Waals surface area contributed by atoms with Crippen LogP contribution < -0.4 is 8.27 Å². The third-order valence-electron chi connectivity index (χ3n) is 1.13. The molecule has 0 aliphatic rings. The largest absolute Gasteiger partial charge is 0.493 e. The molecule has 0 aliphatic carbocycles. The number of methoxy groups -OCH3 is 1. The summed E-state index contributed by atoms with van der Waals surface area (Å²) in [5, 5.41) is 0. The van der Waals surface area contributed by atoms with E-state index in [-0.39, 0.29) is 0 Å². The highest BCUT2D eigenvalue weighted by atomic mass is 127. The molecule has 0 atom stereocenters. The van der Waals surface area contributed by atoms with E-state index in [4.69, 9.17) is 4.74 Å². The molecule has 1 aromatic heterocycles. The van der Waals surface area contributed by atoms with E-state index in [1.54, 1.807) is 13.3 Å². The van der Waals surface area contributed by atoms with Crippen LogP contribution in [0.25, 0.3) is 0 Å². The first kappa shape index (κ1) is 9.30. The smallest absolute Gasteiger partial charge is 0.177 e. The lowest BCUT2D eigenvalue weighted by molar-refractivity contribution is 0.415. The van der Waals surface area contributed by atoms with E-state index in [1.807, 2.05) is 28.9 Å². The van der Waals surface area contributed by atoms with Crippen LogP contribution in [0.1, 0.15) is 0 Å². The SMILES string of the molecule is COc1cc(I)cnc1NI. The molecule has 0 aromatic carbocycles. The van der Waals surface area contributed by atoms with E-state index in [0.29, 0.717) is 0 Å². The number of nitrogens with zero attached hydrogens (tertiary/aromatic N) is 1. The Labute approximate surface area is 92.6 Å². The number of pyridine rings is 1. The number of anilines is 1. The number of hydrogen-bond donors (Lipinski definition) is 1. The normalized spacial score (nSPS) is 9.36. The Hall–Kier alpha value is 0.210. The molecule has 0 amide bonds. The van der Waals surface area contributed by atoms with E-state index in [9.17, 15) is 0 Å². The monoisotopic (exact) mass is 376 g/mol. The molecule has 0 bridgehead atoms. The Kier molecular flexibility index (Phi) is 3.63. The van der Waals surface area contributed by atoms with Crippen molar-refractivity contribution in [3.8, 4) is 5.75 Å². The van der Waals surface area contributed by atoms with Crippen LogP contribution in [-0.2, 0) is 0 Å². The summed E-state index contributed by atoms with van der Waals surface area (Å²) in [5.74, 6) is 1.53. The summed E-state index contributed by atoms with van der Waals surface area (Å²) in [7, 11) is 1.63. The molecule has 0 unspecified atom stereocenters. The van der Waals surface area contributed by atoms with Crippen LogP contribution in [0.2, 0.25) is 0 Å². The van der Waals surface area contributed by atoms with Crippen molar-refractivity contribution in [1.82, 2.24) is 4.98 Å². The van der Waals surface area contributed by atoms with Crippen LogP contribution in [-0.4, -0.2) is 12.1 Å². The average Bonchev–Trinajstić information content (AvgIpc) is 2.04. The van der Waals surface area contributed by atoms with Gasteiger partial charge in [0.15, 0.2) is 11.6 Å². The minimum atomic E-state index is 0.758. The summed E-state index contributed by atoms with van der Waals surface area (Å²) in [4.78, 5) is 4.12. The van der Waals surface area contributed by atoms with Crippen LogP contribution >= 0.6 is 45.5 Å². The first-order chi connectivity index (χ1) is 5.27. The zero-order valence-corrected chi connectivity index (χ0v) is 10.1. The van der Waals surface area contributed by atoms with Crippen molar-refractivity contribution in [2.75, 3.05) is 10.6 Å². The minimum absolute atomic E-state index is 0.758. The number of aromatic nitrogens is 1. The van der Waals surface area contributed by atoms with Crippen molar-refractivity contribution in [3.05, 3.63) is 15.8 Å². The van der Waals surface area contributed by atoms with Crippen molar-refractivity contribution in [2.45, 2.75) is 0 Å². The second-order valence-electron chi connectivity index (χ2n) is 1.80. The fraction of sp³-hybridized carbons (Fsp3) is 0.167.